The van der Waals surface area contributed by atoms with Crippen molar-refractivity contribution in [1.82, 2.24) is 15.2 Å². The second-order valence-corrected chi connectivity index (χ2v) is 6.42. The van der Waals surface area contributed by atoms with Crippen LogP contribution in [0, 0.1) is 6.92 Å². The molecule has 7 nitrogen and oxygen atoms in total. The van der Waals surface area contributed by atoms with Gasteiger partial charge in [0.1, 0.15) is 5.75 Å². The summed E-state index contributed by atoms with van der Waals surface area (Å²) in [7, 11) is 1.42. The lowest BCUT2D eigenvalue weighted by molar-refractivity contribution is -0.274. The number of halogens is 3. The first-order chi connectivity index (χ1) is 13.2. The second kappa shape index (κ2) is 7.80. The number of anilines is 1. The van der Waals surface area contributed by atoms with E-state index in [-0.39, 0.29) is 21.6 Å². The summed E-state index contributed by atoms with van der Waals surface area (Å²) in [4.78, 5) is 16.8. The molecule has 11 heteroatoms. The Bertz CT molecular complexity index is 1010. The Hall–Kier alpha value is -3.21. The number of benzene rings is 1. The van der Waals surface area contributed by atoms with Crippen molar-refractivity contribution < 1.29 is 27.4 Å². The summed E-state index contributed by atoms with van der Waals surface area (Å²) in [6.45, 7) is 1.71. The van der Waals surface area contributed by atoms with E-state index in [4.69, 9.17) is 4.74 Å². The van der Waals surface area contributed by atoms with E-state index in [1.165, 1.54) is 31.5 Å². The standard InChI is InChI=1S/C17H13F3N4O3S/c1-9-6-12(10-4-3-5-11(7-10)27-17(18,19)20)13(8-21-9)14(25)22-15-23-24-16(26-2)28-15/h3-8H,1-2H3,(H,22,23,25). The number of carbonyl (C=O) groups is 1. The van der Waals surface area contributed by atoms with Crippen LogP contribution < -0.4 is 14.8 Å². The zero-order chi connectivity index (χ0) is 20.3. The molecule has 1 aromatic carbocycles. The number of methoxy groups -OCH3 is 1. The fourth-order valence-electron chi connectivity index (χ4n) is 2.35. The third kappa shape index (κ3) is 4.74. The topological polar surface area (TPSA) is 86.2 Å². The number of hydrogen-bond acceptors (Lipinski definition) is 7. The van der Waals surface area contributed by atoms with Gasteiger partial charge in [0.2, 0.25) is 5.13 Å². The van der Waals surface area contributed by atoms with Gasteiger partial charge >= 0.3 is 6.36 Å². The number of nitrogens with one attached hydrogen (secondary N) is 1. The molecule has 0 fully saturated rings. The highest BCUT2D eigenvalue weighted by Gasteiger charge is 2.31. The highest BCUT2D eigenvalue weighted by Crippen LogP contribution is 2.31. The SMILES string of the molecule is COc1nnc(NC(=O)c2cnc(C)cc2-c2cccc(OC(F)(F)F)c2)s1. The molecule has 1 amide bonds. The predicted molar refractivity (Wildman–Crippen MR) is 95.5 cm³/mol. The average Bonchev–Trinajstić information content (AvgIpc) is 3.08. The number of aromatic nitrogens is 3. The maximum Gasteiger partial charge on any atom is 0.573 e. The van der Waals surface area contributed by atoms with Gasteiger partial charge in [0.25, 0.3) is 11.1 Å². The summed E-state index contributed by atoms with van der Waals surface area (Å²) in [5, 5.41) is 10.5. The molecule has 2 heterocycles. The highest BCUT2D eigenvalue weighted by molar-refractivity contribution is 7.17. The van der Waals surface area contributed by atoms with E-state index in [9.17, 15) is 18.0 Å². The van der Waals surface area contributed by atoms with Crippen LogP contribution in [0.3, 0.4) is 0 Å². The monoisotopic (exact) mass is 410 g/mol. The fourth-order valence-corrected chi connectivity index (χ4v) is 2.90. The molecule has 0 aliphatic heterocycles. The van der Waals surface area contributed by atoms with Crippen molar-refractivity contribution in [2.45, 2.75) is 13.3 Å². The third-order valence-electron chi connectivity index (χ3n) is 3.47. The van der Waals surface area contributed by atoms with Gasteiger partial charge in [-0.25, -0.2) is 0 Å². The smallest absolute Gasteiger partial charge is 0.472 e. The van der Waals surface area contributed by atoms with Crippen molar-refractivity contribution in [1.29, 1.82) is 0 Å². The molecule has 0 spiro atoms. The minimum atomic E-state index is -4.82. The van der Waals surface area contributed by atoms with E-state index < -0.39 is 12.3 Å². The molecule has 2 aromatic heterocycles. The number of alkyl halides is 3. The molecule has 0 aliphatic rings. The largest absolute Gasteiger partial charge is 0.573 e. The molecule has 0 aliphatic carbocycles. The highest BCUT2D eigenvalue weighted by atomic mass is 32.1. The minimum absolute atomic E-state index is 0.156. The van der Waals surface area contributed by atoms with Gasteiger partial charge in [-0.2, -0.15) is 0 Å². The van der Waals surface area contributed by atoms with E-state index in [1.807, 2.05) is 0 Å². The lowest BCUT2D eigenvalue weighted by atomic mass is 10.00. The molecule has 0 saturated heterocycles. The molecule has 0 bridgehead atoms. The molecule has 0 atom stereocenters. The third-order valence-corrected chi connectivity index (χ3v) is 4.27. The van der Waals surface area contributed by atoms with Crippen LogP contribution >= 0.6 is 11.3 Å². The first-order valence-corrected chi connectivity index (χ1v) is 8.58. The Morgan fingerprint density at radius 2 is 2.00 bits per heavy atom. The average molecular weight is 410 g/mol. The van der Waals surface area contributed by atoms with Crippen LogP contribution in [-0.4, -0.2) is 34.6 Å². The summed E-state index contributed by atoms with van der Waals surface area (Å²) in [6, 6.07) is 6.96. The quantitative estimate of drug-likeness (QED) is 0.683. The normalized spacial score (nSPS) is 11.2. The van der Waals surface area contributed by atoms with Crippen LogP contribution in [-0.2, 0) is 0 Å². The maximum atomic E-state index is 12.7. The summed E-state index contributed by atoms with van der Waals surface area (Å²) >= 11 is 1.03. The number of rotatable bonds is 5. The van der Waals surface area contributed by atoms with Crippen LogP contribution in [0.4, 0.5) is 18.3 Å². The van der Waals surface area contributed by atoms with E-state index in [0.717, 1.165) is 11.3 Å². The first-order valence-electron chi connectivity index (χ1n) is 7.77. The van der Waals surface area contributed by atoms with Crippen molar-refractivity contribution >= 4 is 22.4 Å². The lowest BCUT2D eigenvalue weighted by Gasteiger charge is -2.12. The van der Waals surface area contributed by atoms with Crippen molar-refractivity contribution in [3.05, 3.63) is 47.8 Å². The molecular formula is C17H13F3N4O3S. The van der Waals surface area contributed by atoms with Gasteiger partial charge in [0.15, 0.2) is 0 Å². The molecular weight excluding hydrogens is 397 g/mol. The number of aryl methyl sites for hydroxylation is 1. The summed E-state index contributed by atoms with van der Waals surface area (Å²) in [5.41, 5.74) is 1.51. The Morgan fingerprint density at radius 1 is 1.21 bits per heavy atom. The molecule has 0 radical (unpaired) electrons. The van der Waals surface area contributed by atoms with Crippen LogP contribution in [0.2, 0.25) is 0 Å². The van der Waals surface area contributed by atoms with Crippen molar-refractivity contribution in [3.8, 4) is 22.1 Å². The van der Waals surface area contributed by atoms with E-state index >= 15 is 0 Å². The number of nitrogens with zero attached hydrogens (tertiary/aromatic N) is 3. The van der Waals surface area contributed by atoms with E-state index in [2.05, 4.69) is 25.2 Å². The van der Waals surface area contributed by atoms with E-state index in [1.54, 1.807) is 19.1 Å². The lowest BCUT2D eigenvalue weighted by Crippen LogP contribution is -2.17. The van der Waals surface area contributed by atoms with Crippen molar-refractivity contribution in [3.63, 3.8) is 0 Å². The maximum absolute atomic E-state index is 12.7. The second-order valence-electron chi connectivity index (χ2n) is 5.48. The molecule has 3 aromatic rings. The predicted octanol–water partition coefficient (Wildman–Crippen LogP) is 4.07. The van der Waals surface area contributed by atoms with Gasteiger partial charge in [-0.3, -0.25) is 15.1 Å². The number of ether oxygens (including phenoxy) is 2. The summed E-state index contributed by atoms with van der Waals surface area (Å²) in [5.74, 6) is -0.928. The van der Waals surface area contributed by atoms with Crippen LogP contribution in [0.25, 0.3) is 11.1 Å². The molecule has 146 valence electrons. The van der Waals surface area contributed by atoms with Crippen LogP contribution in [0.15, 0.2) is 36.5 Å². The van der Waals surface area contributed by atoms with Gasteiger partial charge in [-0.05, 0) is 47.6 Å². The molecule has 28 heavy (non-hydrogen) atoms. The number of amides is 1. The fraction of sp³-hybridized carbons (Fsp3) is 0.176. The summed E-state index contributed by atoms with van der Waals surface area (Å²) in [6.07, 6.45) is -3.47. The number of hydrogen-bond donors (Lipinski definition) is 1. The van der Waals surface area contributed by atoms with Crippen LogP contribution in [0.5, 0.6) is 10.9 Å². The first kappa shape index (κ1) is 19.5. The van der Waals surface area contributed by atoms with Gasteiger partial charge in [0.05, 0.1) is 12.7 Å². The molecule has 0 unspecified atom stereocenters. The number of carbonyl (C=O) groups excluding carboxylic acids is 1. The van der Waals surface area contributed by atoms with Crippen molar-refractivity contribution in [2.24, 2.45) is 0 Å². The minimum Gasteiger partial charge on any atom is -0.472 e. The Balaban J connectivity index is 1.94. The zero-order valence-electron chi connectivity index (χ0n) is 14.6. The summed E-state index contributed by atoms with van der Waals surface area (Å²) < 4.78 is 46.4. The molecule has 3 rings (SSSR count). The van der Waals surface area contributed by atoms with Crippen LogP contribution in [0.1, 0.15) is 16.1 Å². The van der Waals surface area contributed by atoms with Gasteiger partial charge in [-0.15, -0.1) is 18.3 Å². The van der Waals surface area contributed by atoms with Crippen molar-refractivity contribution in [2.75, 3.05) is 12.4 Å². The van der Waals surface area contributed by atoms with Gasteiger partial charge in [0, 0.05) is 11.9 Å². The van der Waals surface area contributed by atoms with Gasteiger partial charge in [-0.1, -0.05) is 17.2 Å². The Kier molecular flexibility index (Phi) is 5.45. The van der Waals surface area contributed by atoms with E-state index in [0.29, 0.717) is 16.8 Å². The Labute approximate surface area is 161 Å². The zero-order valence-corrected chi connectivity index (χ0v) is 15.4. The molecule has 1 N–H and O–H groups in total. The number of pyridine rings is 1. The Morgan fingerprint density at radius 3 is 2.68 bits per heavy atom. The molecule has 0 saturated carbocycles. The van der Waals surface area contributed by atoms with Gasteiger partial charge < -0.3 is 9.47 Å².